The van der Waals surface area contributed by atoms with Crippen molar-refractivity contribution in [3.05, 3.63) is 35.4 Å². The van der Waals surface area contributed by atoms with Gasteiger partial charge in [0.25, 0.3) is 0 Å². The molecule has 0 atom stereocenters. The van der Waals surface area contributed by atoms with E-state index in [4.69, 9.17) is 15.5 Å². The number of hydrogen-bond donors (Lipinski definition) is 2. The van der Waals surface area contributed by atoms with Gasteiger partial charge in [-0.1, -0.05) is 12.1 Å². The maximum absolute atomic E-state index is 10.6. The highest BCUT2D eigenvalue weighted by Gasteiger charge is 2.13. The lowest BCUT2D eigenvalue weighted by molar-refractivity contribution is -0.142. The highest BCUT2D eigenvalue weighted by Crippen LogP contribution is 2.07. The number of benzene rings is 1. The molecule has 0 amide bonds. The maximum Gasteiger partial charge on any atom is 0.317 e. The number of carboxylic acid groups (broad SMARTS) is 2. The summed E-state index contributed by atoms with van der Waals surface area (Å²) in [5.41, 5.74) is 1.26. The molecule has 0 fully saturated rings. The highest BCUT2D eigenvalue weighted by atomic mass is 16.4. The van der Waals surface area contributed by atoms with E-state index in [9.17, 15) is 9.59 Å². The molecule has 6 nitrogen and oxygen atoms in total. The molecular weight excluding hydrogens is 236 g/mol. The van der Waals surface area contributed by atoms with Crippen molar-refractivity contribution >= 4 is 11.9 Å². The first-order chi connectivity index (χ1) is 8.51. The number of nitrogens with zero attached hydrogens (tertiary/aromatic N) is 2. The van der Waals surface area contributed by atoms with E-state index in [-0.39, 0.29) is 19.6 Å². The number of nitriles is 1. The van der Waals surface area contributed by atoms with Crippen molar-refractivity contribution in [1.82, 2.24) is 4.90 Å². The fourth-order valence-electron chi connectivity index (χ4n) is 1.49. The van der Waals surface area contributed by atoms with Gasteiger partial charge in [-0.3, -0.25) is 14.5 Å². The lowest BCUT2D eigenvalue weighted by Crippen LogP contribution is -2.33. The summed E-state index contributed by atoms with van der Waals surface area (Å²) in [4.78, 5) is 22.5. The molecule has 0 aliphatic carbocycles. The van der Waals surface area contributed by atoms with Crippen molar-refractivity contribution in [3.63, 3.8) is 0 Å². The highest BCUT2D eigenvalue weighted by molar-refractivity contribution is 5.72. The summed E-state index contributed by atoms with van der Waals surface area (Å²) in [5, 5.41) is 26.0. The Bertz CT molecular complexity index is 460. The van der Waals surface area contributed by atoms with Crippen LogP contribution >= 0.6 is 0 Å². The summed E-state index contributed by atoms with van der Waals surface area (Å²) >= 11 is 0. The van der Waals surface area contributed by atoms with Crippen LogP contribution in [0.25, 0.3) is 0 Å². The standard InChI is InChI=1S/C12H12N2O4/c13-5-9-1-3-10(4-2-9)6-14(7-11(15)16)8-12(17)18/h1-4H,6-8H2,(H,15,16)(H,17,18). The normalized spacial score (nSPS) is 10.0. The number of hydrogen-bond acceptors (Lipinski definition) is 4. The van der Waals surface area contributed by atoms with Crippen LogP contribution < -0.4 is 0 Å². The molecule has 0 aromatic heterocycles. The largest absolute Gasteiger partial charge is 0.480 e. The first kappa shape index (κ1) is 13.7. The Morgan fingerprint density at radius 1 is 1.11 bits per heavy atom. The first-order valence-electron chi connectivity index (χ1n) is 5.16. The van der Waals surface area contributed by atoms with Crippen LogP contribution in [0.3, 0.4) is 0 Å². The second-order valence-corrected chi connectivity index (χ2v) is 3.74. The third-order valence-corrected chi connectivity index (χ3v) is 2.21. The number of carboxylic acids is 2. The van der Waals surface area contributed by atoms with Gasteiger partial charge in [-0.2, -0.15) is 5.26 Å². The molecule has 0 aliphatic heterocycles. The van der Waals surface area contributed by atoms with Crippen LogP contribution in [-0.4, -0.2) is 40.1 Å². The van der Waals surface area contributed by atoms with Gasteiger partial charge in [0.2, 0.25) is 0 Å². The van der Waals surface area contributed by atoms with Crippen LogP contribution in [0.5, 0.6) is 0 Å². The summed E-state index contributed by atoms with van der Waals surface area (Å²) < 4.78 is 0. The Morgan fingerprint density at radius 3 is 2.00 bits per heavy atom. The lowest BCUT2D eigenvalue weighted by Gasteiger charge is -2.17. The van der Waals surface area contributed by atoms with E-state index in [1.807, 2.05) is 6.07 Å². The first-order valence-corrected chi connectivity index (χ1v) is 5.16. The van der Waals surface area contributed by atoms with E-state index < -0.39 is 11.9 Å². The van der Waals surface area contributed by atoms with E-state index in [0.29, 0.717) is 5.56 Å². The van der Waals surface area contributed by atoms with Gasteiger partial charge >= 0.3 is 11.9 Å². The Hall–Kier alpha value is -2.39. The summed E-state index contributed by atoms with van der Waals surface area (Å²) in [7, 11) is 0. The minimum atomic E-state index is -1.08. The molecular formula is C12H12N2O4. The van der Waals surface area contributed by atoms with Gasteiger partial charge in [0.15, 0.2) is 0 Å². The molecule has 1 aromatic rings. The predicted octanol–water partition coefficient (Wildman–Crippen LogP) is 0.529. The van der Waals surface area contributed by atoms with Crippen LogP contribution in [0, 0.1) is 11.3 Å². The van der Waals surface area contributed by atoms with Crippen LogP contribution in [0.2, 0.25) is 0 Å². The molecule has 0 unspecified atom stereocenters. The molecule has 0 aliphatic rings. The molecule has 94 valence electrons. The number of rotatable bonds is 6. The van der Waals surface area contributed by atoms with E-state index >= 15 is 0 Å². The van der Waals surface area contributed by atoms with Crippen molar-refractivity contribution in [1.29, 1.82) is 5.26 Å². The summed E-state index contributed by atoms with van der Waals surface area (Å²) in [6.45, 7) is -0.469. The minimum absolute atomic E-state index is 0.213. The molecule has 0 heterocycles. The molecule has 0 bridgehead atoms. The Morgan fingerprint density at radius 2 is 1.61 bits per heavy atom. The quantitative estimate of drug-likeness (QED) is 0.761. The van der Waals surface area contributed by atoms with Crippen LogP contribution in [0.4, 0.5) is 0 Å². The zero-order chi connectivity index (χ0) is 13.5. The van der Waals surface area contributed by atoms with Gasteiger partial charge in [-0.15, -0.1) is 0 Å². The van der Waals surface area contributed by atoms with Crippen molar-refractivity contribution < 1.29 is 19.8 Å². The third kappa shape index (κ3) is 4.63. The van der Waals surface area contributed by atoms with Gasteiger partial charge in [-0.05, 0) is 17.7 Å². The maximum atomic E-state index is 10.6. The molecule has 0 radical (unpaired) electrons. The van der Waals surface area contributed by atoms with Crippen molar-refractivity contribution in [3.8, 4) is 6.07 Å². The topological polar surface area (TPSA) is 102 Å². The molecule has 0 spiro atoms. The molecule has 1 aromatic carbocycles. The number of carbonyl (C=O) groups is 2. The molecule has 6 heteroatoms. The second-order valence-electron chi connectivity index (χ2n) is 3.74. The summed E-state index contributed by atoms with van der Waals surface area (Å²) in [6.07, 6.45) is 0. The smallest absolute Gasteiger partial charge is 0.317 e. The van der Waals surface area contributed by atoms with Gasteiger partial charge in [0, 0.05) is 6.54 Å². The zero-order valence-electron chi connectivity index (χ0n) is 9.54. The van der Waals surface area contributed by atoms with Gasteiger partial charge in [0.05, 0.1) is 24.7 Å². The third-order valence-electron chi connectivity index (χ3n) is 2.21. The van der Waals surface area contributed by atoms with E-state index in [1.54, 1.807) is 24.3 Å². The van der Waals surface area contributed by atoms with Crippen LogP contribution in [0.15, 0.2) is 24.3 Å². The van der Waals surface area contributed by atoms with Crippen molar-refractivity contribution in [2.24, 2.45) is 0 Å². The van der Waals surface area contributed by atoms with E-state index in [0.717, 1.165) is 5.56 Å². The SMILES string of the molecule is N#Cc1ccc(CN(CC(=O)O)CC(=O)O)cc1. The van der Waals surface area contributed by atoms with Gasteiger partial charge in [0.1, 0.15) is 0 Å². The second kappa shape index (κ2) is 6.37. The van der Waals surface area contributed by atoms with Crippen molar-refractivity contribution in [2.75, 3.05) is 13.1 Å². The predicted molar refractivity (Wildman–Crippen MR) is 61.7 cm³/mol. The van der Waals surface area contributed by atoms with Crippen LogP contribution in [0.1, 0.15) is 11.1 Å². The Balaban J connectivity index is 2.72. The molecule has 1 rings (SSSR count). The lowest BCUT2D eigenvalue weighted by atomic mass is 10.1. The van der Waals surface area contributed by atoms with Crippen LogP contribution in [-0.2, 0) is 16.1 Å². The monoisotopic (exact) mass is 248 g/mol. The van der Waals surface area contributed by atoms with Crippen molar-refractivity contribution in [2.45, 2.75) is 6.54 Å². The zero-order valence-corrected chi connectivity index (χ0v) is 9.54. The fourth-order valence-corrected chi connectivity index (χ4v) is 1.49. The average molecular weight is 248 g/mol. The summed E-state index contributed by atoms with van der Waals surface area (Å²) in [5.74, 6) is -2.16. The molecule has 0 saturated carbocycles. The number of aliphatic carboxylic acids is 2. The van der Waals surface area contributed by atoms with Gasteiger partial charge in [-0.25, -0.2) is 0 Å². The molecule has 18 heavy (non-hydrogen) atoms. The Labute approximate surface area is 104 Å². The van der Waals surface area contributed by atoms with E-state index in [1.165, 1.54) is 4.90 Å². The average Bonchev–Trinajstić information content (AvgIpc) is 2.28. The van der Waals surface area contributed by atoms with Gasteiger partial charge < -0.3 is 10.2 Å². The molecule has 2 N–H and O–H groups in total. The fraction of sp³-hybridized carbons (Fsp3) is 0.250. The Kier molecular flexibility index (Phi) is 4.84. The summed E-state index contributed by atoms with van der Waals surface area (Å²) in [6, 6.07) is 8.53. The molecule has 0 saturated heterocycles. The minimum Gasteiger partial charge on any atom is -0.480 e. The van der Waals surface area contributed by atoms with E-state index in [2.05, 4.69) is 0 Å².